The molecule has 11 heteroatoms. The van der Waals surface area contributed by atoms with E-state index in [1.165, 1.54) is 12.2 Å². The van der Waals surface area contributed by atoms with Gasteiger partial charge in [0.05, 0.1) is 29.4 Å². The summed E-state index contributed by atoms with van der Waals surface area (Å²) in [4.78, 5) is 12.5. The molecule has 1 heterocycles. The van der Waals surface area contributed by atoms with E-state index in [4.69, 9.17) is 10.5 Å². The maximum absolute atomic E-state index is 13.7. The lowest BCUT2D eigenvalue weighted by atomic mass is 9.75. The summed E-state index contributed by atoms with van der Waals surface area (Å²) in [5.74, 6) is -1.14. The van der Waals surface area contributed by atoms with E-state index in [9.17, 15) is 35.5 Å². The molecule has 1 amide bonds. The first-order valence-electron chi connectivity index (χ1n) is 12.2. The predicted octanol–water partition coefficient (Wildman–Crippen LogP) is 6.06. The summed E-state index contributed by atoms with van der Waals surface area (Å²) in [6, 6.07) is 1.15. The molecule has 6 atom stereocenters. The molecule has 4 nitrogen and oxygen atoms in total. The van der Waals surface area contributed by atoms with Crippen molar-refractivity contribution in [3.8, 4) is 0 Å². The van der Waals surface area contributed by atoms with E-state index >= 15 is 0 Å². The summed E-state index contributed by atoms with van der Waals surface area (Å²) in [7, 11) is 0. The highest BCUT2D eigenvalue weighted by Crippen LogP contribution is 2.47. The molecular formula is C26H29F7N2O2. The third kappa shape index (κ3) is 5.87. The summed E-state index contributed by atoms with van der Waals surface area (Å²) >= 11 is 0. The highest BCUT2D eigenvalue weighted by molar-refractivity contribution is 5.88. The monoisotopic (exact) mass is 534 g/mol. The molecule has 37 heavy (non-hydrogen) atoms. The number of nitrogens with two attached hydrogens (primary N) is 1. The molecule has 0 radical (unpaired) electrons. The van der Waals surface area contributed by atoms with Crippen LogP contribution < -0.4 is 11.1 Å². The van der Waals surface area contributed by atoms with Crippen molar-refractivity contribution in [2.24, 2.45) is 23.5 Å². The molecular weight excluding hydrogens is 505 g/mol. The molecule has 204 valence electrons. The number of hydrogen-bond acceptors (Lipinski definition) is 3. The van der Waals surface area contributed by atoms with Crippen molar-refractivity contribution in [3.05, 3.63) is 58.9 Å². The Hall–Kier alpha value is -2.40. The standard InChI is InChI=1S/C26H29F7N2O2/c1-2-24(34)12-20(35-23(24)36)19-7-8-21(22(19)15-3-5-18(27)6-4-15)37-13-14-9-16(25(28,29)30)11-17(10-14)26(31,32)33/h3,5-6,9-11,15,19-22H,2,4,7-8,12-13,34H2,1H3,(H,35,36)/t15?,19-,20-,21-,22-,24+/m0/s1. The Morgan fingerprint density at radius 2 is 1.73 bits per heavy atom. The van der Waals surface area contributed by atoms with Gasteiger partial charge in [0.15, 0.2) is 0 Å². The lowest BCUT2D eigenvalue weighted by Gasteiger charge is -2.34. The largest absolute Gasteiger partial charge is 0.416 e. The maximum atomic E-state index is 13.7. The number of halogens is 7. The molecule has 2 fully saturated rings. The Kier molecular flexibility index (Phi) is 7.51. The number of allylic oxidation sites excluding steroid dienone is 4. The minimum Gasteiger partial charge on any atom is -0.373 e. The van der Waals surface area contributed by atoms with E-state index in [1.54, 1.807) is 6.08 Å². The van der Waals surface area contributed by atoms with E-state index < -0.39 is 41.7 Å². The number of rotatable bonds is 6. The van der Waals surface area contributed by atoms with Crippen LogP contribution in [0.2, 0.25) is 0 Å². The van der Waals surface area contributed by atoms with Gasteiger partial charge in [-0.1, -0.05) is 13.0 Å². The van der Waals surface area contributed by atoms with Gasteiger partial charge in [-0.15, -0.1) is 0 Å². The second-order valence-corrected chi connectivity index (χ2v) is 10.2. The maximum Gasteiger partial charge on any atom is 0.416 e. The molecule has 0 bridgehead atoms. The van der Waals surface area contributed by atoms with Gasteiger partial charge in [-0.05, 0) is 85.8 Å². The van der Waals surface area contributed by atoms with Crippen LogP contribution in [0.25, 0.3) is 0 Å². The molecule has 1 aromatic rings. The third-order valence-corrected chi connectivity index (χ3v) is 7.90. The third-order valence-electron chi connectivity index (χ3n) is 7.90. The van der Waals surface area contributed by atoms with Gasteiger partial charge in [0, 0.05) is 6.04 Å². The summed E-state index contributed by atoms with van der Waals surface area (Å²) in [5, 5.41) is 2.97. The first kappa shape index (κ1) is 27.6. The lowest BCUT2D eigenvalue weighted by molar-refractivity contribution is -0.143. The number of carbonyl (C=O) groups excluding carboxylic acids is 1. The second kappa shape index (κ2) is 10.1. The zero-order valence-electron chi connectivity index (χ0n) is 20.1. The van der Waals surface area contributed by atoms with E-state index in [1.807, 2.05) is 6.92 Å². The van der Waals surface area contributed by atoms with Crippen LogP contribution in [-0.2, 0) is 28.5 Å². The second-order valence-electron chi connectivity index (χ2n) is 10.2. The molecule has 3 N–H and O–H groups in total. The molecule has 1 saturated carbocycles. The van der Waals surface area contributed by atoms with Crippen molar-refractivity contribution in [3.63, 3.8) is 0 Å². The highest BCUT2D eigenvalue weighted by Gasteiger charge is 2.51. The van der Waals surface area contributed by atoms with Crippen molar-refractivity contribution < 1.29 is 40.3 Å². The topological polar surface area (TPSA) is 64.3 Å². The minimum atomic E-state index is -4.95. The Morgan fingerprint density at radius 1 is 1.08 bits per heavy atom. The average Bonchev–Trinajstić information content (AvgIpc) is 3.38. The molecule has 1 saturated heterocycles. The smallest absolute Gasteiger partial charge is 0.373 e. The van der Waals surface area contributed by atoms with Crippen LogP contribution in [0.3, 0.4) is 0 Å². The summed E-state index contributed by atoms with van der Waals surface area (Å²) in [5.41, 5.74) is 2.23. The minimum absolute atomic E-state index is 0.0845. The molecule has 4 rings (SSSR count). The molecule has 0 spiro atoms. The van der Waals surface area contributed by atoms with Crippen LogP contribution in [0.1, 0.15) is 55.7 Å². The van der Waals surface area contributed by atoms with Crippen LogP contribution in [0.15, 0.2) is 42.3 Å². The van der Waals surface area contributed by atoms with Crippen LogP contribution in [0.4, 0.5) is 30.7 Å². The zero-order chi connectivity index (χ0) is 27.2. The Bertz CT molecular complexity index is 1050. The van der Waals surface area contributed by atoms with E-state index in [2.05, 4.69) is 5.32 Å². The quantitative estimate of drug-likeness (QED) is 0.436. The van der Waals surface area contributed by atoms with Gasteiger partial charge >= 0.3 is 12.4 Å². The number of hydrogen-bond donors (Lipinski definition) is 2. The molecule has 1 unspecified atom stereocenters. The fourth-order valence-corrected chi connectivity index (χ4v) is 5.89. The highest BCUT2D eigenvalue weighted by atomic mass is 19.4. The van der Waals surface area contributed by atoms with E-state index in [0.29, 0.717) is 44.2 Å². The Labute approximate surface area is 210 Å². The zero-order valence-corrected chi connectivity index (χ0v) is 20.1. The first-order chi connectivity index (χ1) is 17.2. The number of ether oxygens (including phenoxy) is 1. The lowest BCUT2D eigenvalue weighted by Crippen LogP contribution is -2.46. The number of amides is 1. The Balaban J connectivity index is 1.57. The first-order valence-corrected chi connectivity index (χ1v) is 12.2. The normalized spacial score (nSPS) is 32.5. The molecule has 3 aliphatic rings. The Morgan fingerprint density at radius 3 is 2.24 bits per heavy atom. The van der Waals surface area contributed by atoms with Crippen LogP contribution in [0, 0.1) is 17.8 Å². The van der Waals surface area contributed by atoms with E-state index in [-0.39, 0.29) is 47.2 Å². The van der Waals surface area contributed by atoms with E-state index in [0.717, 1.165) is 0 Å². The van der Waals surface area contributed by atoms with Gasteiger partial charge in [-0.3, -0.25) is 4.79 Å². The predicted molar refractivity (Wildman–Crippen MR) is 121 cm³/mol. The van der Waals surface area contributed by atoms with Gasteiger partial charge in [-0.2, -0.15) is 26.3 Å². The number of nitrogens with one attached hydrogen (secondary N) is 1. The SMILES string of the molecule is CC[C@@]1(N)C[C@@H]([C@@H]2CC[C@H](OCc3cc(C(F)(F)F)cc(C(F)(F)F)c3)[C@H]2C2C=CC(F)=CC2)NC1=O. The summed E-state index contributed by atoms with van der Waals surface area (Å²) < 4.78 is 99.2. The summed E-state index contributed by atoms with van der Waals surface area (Å²) in [6.07, 6.45) is -3.59. The number of carbonyl (C=O) groups is 1. The van der Waals surface area contributed by atoms with Crippen LogP contribution >= 0.6 is 0 Å². The molecule has 1 aromatic carbocycles. The van der Waals surface area contributed by atoms with Gasteiger partial charge in [0.1, 0.15) is 5.83 Å². The fourth-order valence-electron chi connectivity index (χ4n) is 5.89. The van der Waals surface area contributed by atoms with Crippen molar-refractivity contribution in [1.29, 1.82) is 0 Å². The van der Waals surface area contributed by atoms with Crippen LogP contribution in [0.5, 0.6) is 0 Å². The molecule has 2 aliphatic carbocycles. The molecule has 1 aliphatic heterocycles. The van der Waals surface area contributed by atoms with Crippen molar-refractivity contribution in [2.45, 2.75) is 75.7 Å². The molecule has 0 aromatic heterocycles. The number of benzene rings is 1. The van der Waals surface area contributed by atoms with Crippen LogP contribution in [-0.4, -0.2) is 23.6 Å². The van der Waals surface area contributed by atoms with Crippen molar-refractivity contribution in [1.82, 2.24) is 5.32 Å². The fraction of sp³-hybridized carbons (Fsp3) is 0.577. The van der Waals surface area contributed by atoms with Crippen molar-refractivity contribution in [2.75, 3.05) is 0 Å². The van der Waals surface area contributed by atoms with Gasteiger partial charge in [0.25, 0.3) is 0 Å². The van der Waals surface area contributed by atoms with Gasteiger partial charge in [0.2, 0.25) is 5.91 Å². The number of alkyl halides is 6. The van der Waals surface area contributed by atoms with Gasteiger partial charge < -0.3 is 15.8 Å². The summed E-state index contributed by atoms with van der Waals surface area (Å²) in [6.45, 7) is 1.37. The average molecular weight is 535 g/mol. The van der Waals surface area contributed by atoms with Gasteiger partial charge in [-0.25, -0.2) is 4.39 Å². The van der Waals surface area contributed by atoms with Crippen molar-refractivity contribution >= 4 is 5.91 Å².